The largest absolute Gasteiger partial charge is 0.456 e. The molecule has 2 unspecified atom stereocenters. The summed E-state index contributed by atoms with van der Waals surface area (Å²) in [5.74, 6) is -2.23. The van der Waals surface area contributed by atoms with E-state index in [1.807, 2.05) is 0 Å². The lowest BCUT2D eigenvalue weighted by Crippen LogP contribution is -2.61. The minimum Gasteiger partial charge on any atom is -0.456 e. The molecule has 0 amide bonds. The monoisotopic (exact) mass is 331 g/mol. The Bertz CT molecular complexity index is 518. The summed E-state index contributed by atoms with van der Waals surface area (Å²) >= 11 is 0. The third-order valence-corrected chi connectivity index (χ3v) is 2.84. The number of esters is 3. The van der Waals surface area contributed by atoms with Gasteiger partial charge in [-0.05, 0) is 5.53 Å². The standard InChI is InChI=1S/C12H17N3O8/c1-5(16)20-9-8(4-14-15-13)23-12(19)11(22-7(3)18)10(9)21-6(2)17/h8-12,19H,4H2,1-3H3/t8?,9-,10+,11?,12-/m1/s1. The van der Waals surface area contributed by atoms with Crippen LogP contribution in [0.15, 0.2) is 5.11 Å². The van der Waals surface area contributed by atoms with E-state index < -0.39 is 48.6 Å². The number of ether oxygens (including phenoxy) is 4. The molecule has 11 heteroatoms. The molecule has 11 nitrogen and oxygen atoms in total. The van der Waals surface area contributed by atoms with Crippen LogP contribution in [0.4, 0.5) is 0 Å². The minimum atomic E-state index is -1.66. The van der Waals surface area contributed by atoms with Gasteiger partial charge < -0.3 is 24.1 Å². The molecule has 1 rings (SSSR count). The molecule has 5 atom stereocenters. The van der Waals surface area contributed by atoms with Gasteiger partial charge in [0.2, 0.25) is 0 Å². The van der Waals surface area contributed by atoms with Gasteiger partial charge in [0, 0.05) is 25.7 Å². The van der Waals surface area contributed by atoms with Crippen molar-refractivity contribution < 1.29 is 38.4 Å². The second-order valence-corrected chi connectivity index (χ2v) is 4.70. The summed E-state index contributed by atoms with van der Waals surface area (Å²) in [6, 6.07) is 0. The molecule has 0 aromatic carbocycles. The predicted molar refractivity (Wildman–Crippen MR) is 71.6 cm³/mol. The van der Waals surface area contributed by atoms with Gasteiger partial charge in [0.05, 0.1) is 6.54 Å². The number of aliphatic hydroxyl groups excluding tert-OH is 1. The Balaban J connectivity index is 3.15. The van der Waals surface area contributed by atoms with Gasteiger partial charge in [0.25, 0.3) is 0 Å². The second-order valence-electron chi connectivity index (χ2n) is 4.70. The maximum absolute atomic E-state index is 11.3. The number of carbonyl (C=O) groups excluding carboxylic acids is 3. The van der Waals surface area contributed by atoms with E-state index in [2.05, 4.69) is 10.0 Å². The first-order chi connectivity index (χ1) is 10.8. The Morgan fingerprint density at radius 3 is 2.00 bits per heavy atom. The maximum Gasteiger partial charge on any atom is 0.303 e. The van der Waals surface area contributed by atoms with Crippen LogP contribution < -0.4 is 0 Å². The molecular weight excluding hydrogens is 314 g/mol. The van der Waals surface area contributed by atoms with E-state index in [9.17, 15) is 19.5 Å². The summed E-state index contributed by atoms with van der Waals surface area (Å²) in [5.41, 5.74) is 8.39. The molecule has 0 aromatic rings. The van der Waals surface area contributed by atoms with Crippen molar-refractivity contribution in [2.45, 2.75) is 51.5 Å². The van der Waals surface area contributed by atoms with Crippen LogP contribution in [0.3, 0.4) is 0 Å². The van der Waals surface area contributed by atoms with Crippen molar-refractivity contribution in [3.05, 3.63) is 10.4 Å². The summed E-state index contributed by atoms with van der Waals surface area (Å²) in [6.07, 6.45) is -6.68. The first-order valence-corrected chi connectivity index (χ1v) is 6.62. The highest BCUT2D eigenvalue weighted by Crippen LogP contribution is 2.28. The Kier molecular flexibility index (Phi) is 6.76. The Morgan fingerprint density at radius 1 is 1.04 bits per heavy atom. The van der Waals surface area contributed by atoms with Gasteiger partial charge in [-0.1, -0.05) is 5.11 Å². The molecule has 1 aliphatic heterocycles. The molecule has 23 heavy (non-hydrogen) atoms. The van der Waals surface area contributed by atoms with Crippen LogP contribution in [0.2, 0.25) is 0 Å². The van der Waals surface area contributed by atoms with Crippen molar-refractivity contribution in [3.63, 3.8) is 0 Å². The van der Waals surface area contributed by atoms with E-state index in [-0.39, 0.29) is 6.54 Å². The van der Waals surface area contributed by atoms with E-state index in [1.54, 1.807) is 0 Å². The molecule has 0 bridgehead atoms. The lowest BCUT2D eigenvalue weighted by molar-refractivity contribution is -0.289. The highest BCUT2D eigenvalue weighted by Gasteiger charge is 2.51. The number of hydrogen-bond donors (Lipinski definition) is 1. The van der Waals surface area contributed by atoms with Gasteiger partial charge in [-0.15, -0.1) is 0 Å². The molecule has 0 aromatic heterocycles. The molecule has 1 heterocycles. The zero-order valence-electron chi connectivity index (χ0n) is 12.7. The summed E-state index contributed by atoms with van der Waals surface area (Å²) in [5, 5.41) is 13.2. The van der Waals surface area contributed by atoms with Crippen molar-refractivity contribution >= 4 is 17.9 Å². The molecule has 1 saturated heterocycles. The molecule has 128 valence electrons. The molecule has 0 spiro atoms. The SMILES string of the molecule is CC(=O)OC1[C@H](O)OC(CN=[N+]=[N-])[C@@H](OC(C)=O)[C@@H]1OC(C)=O. The van der Waals surface area contributed by atoms with Gasteiger partial charge in [-0.2, -0.15) is 0 Å². The normalized spacial score (nSPS) is 29.8. The average molecular weight is 331 g/mol. The second kappa shape index (κ2) is 8.32. The van der Waals surface area contributed by atoms with Crippen LogP contribution >= 0.6 is 0 Å². The van der Waals surface area contributed by atoms with E-state index >= 15 is 0 Å². The predicted octanol–water partition coefficient (Wildman–Crippen LogP) is -0.191. The first kappa shape index (κ1) is 18.7. The molecule has 0 radical (unpaired) electrons. The smallest absolute Gasteiger partial charge is 0.303 e. The number of nitrogens with zero attached hydrogens (tertiary/aromatic N) is 3. The van der Waals surface area contributed by atoms with Gasteiger partial charge in [-0.25, -0.2) is 0 Å². The van der Waals surface area contributed by atoms with E-state index in [0.717, 1.165) is 20.8 Å². The van der Waals surface area contributed by atoms with Crippen LogP contribution in [-0.4, -0.2) is 60.3 Å². The maximum atomic E-state index is 11.3. The molecule has 0 saturated carbocycles. The fourth-order valence-electron chi connectivity index (χ4n) is 2.14. The lowest BCUT2D eigenvalue weighted by Gasteiger charge is -2.42. The molecule has 1 aliphatic rings. The third-order valence-electron chi connectivity index (χ3n) is 2.84. The fourth-order valence-corrected chi connectivity index (χ4v) is 2.14. The van der Waals surface area contributed by atoms with Crippen LogP contribution in [0, 0.1) is 0 Å². The Hall–Kier alpha value is -2.36. The molecule has 0 aliphatic carbocycles. The van der Waals surface area contributed by atoms with E-state index in [4.69, 9.17) is 24.5 Å². The Labute approximate surface area is 131 Å². The minimum absolute atomic E-state index is 0.296. The average Bonchev–Trinajstić information content (AvgIpc) is 2.42. The van der Waals surface area contributed by atoms with Gasteiger partial charge >= 0.3 is 17.9 Å². The number of azide groups is 1. The van der Waals surface area contributed by atoms with Crippen molar-refractivity contribution in [1.29, 1.82) is 0 Å². The number of carbonyl (C=O) groups is 3. The number of rotatable bonds is 5. The molecule has 1 fully saturated rings. The summed E-state index contributed by atoms with van der Waals surface area (Å²) in [7, 11) is 0. The van der Waals surface area contributed by atoms with Gasteiger partial charge in [-0.3, -0.25) is 14.4 Å². The number of hydrogen-bond acceptors (Lipinski definition) is 9. The molecule has 1 N–H and O–H groups in total. The summed E-state index contributed by atoms with van der Waals surface area (Å²) < 4.78 is 20.1. The van der Waals surface area contributed by atoms with Crippen molar-refractivity contribution in [1.82, 2.24) is 0 Å². The van der Waals surface area contributed by atoms with Crippen LogP contribution in [0.1, 0.15) is 20.8 Å². The van der Waals surface area contributed by atoms with Crippen LogP contribution in [-0.2, 0) is 33.3 Å². The van der Waals surface area contributed by atoms with Crippen molar-refractivity contribution in [3.8, 4) is 0 Å². The van der Waals surface area contributed by atoms with Crippen LogP contribution in [0.25, 0.3) is 10.4 Å². The first-order valence-electron chi connectivity index (χ1n) is 6.62. The zero-order chi connectivity index (χ0) is 17.6. The van der Waals surface area contributed by atoms with E-state index in [1.165, 1.54) is 0 Å². The molecular formula is C12H17N3O8. The highest BCUT2D eigenvalue weighted by molar-refractivity contribution is 5.68. The highest BCUT2D eigenvalue weighted by atomic mass is 16.7. The summed E-state index contributed by atoms with van der Waals surface area (Å²) in [6.45, 7) is 3.00. The topological polar surface area (TPSA) is 157 Å². The zero-order valence-corrected chi connectivity index (χ0v) is 12.7. The fraction of sp³-hybridized carbons (Fsp3) is 0.750. The van der Waals surface area contributed by atoms with E-state index in [0.29, 0.717) is 0 Å². The van der Waals surface area contributed by atoms with Crippen LogP contribution in [0.5, 0.6) is 0 Å². The lowest BCUT2D eigenvalue weighted by atomic mass is 9.98. The number of aliphatic hydroxyl groups is 1. The van der Waals surface area contributed by atoms with Gasteiger partial charge in [0.1, 0.15) is 6.10 Å². The quantitative estimate of drug-likeness (QED) is 0.239. The Morgan fingerprint density at radius 2 is 1.52 bits per heavy atom. The third kappa shape index (κ3) is 5.40. The van der Waals surface area contributed by atoms with Crippen molar-refractivity contribution in [2.24, 2.45) is 5.11 Å². The van der Waals surface area contributed by atoms with Crippen molar-refractivity contribution in [2.75, 3.05) is 6.54 Å². The summed E-state index contributed by atoms with van der Waals surface area (Å²) in [4.78, 5) is 36.3. The van der Waals surface area contributed by atoms with Gasteiger partial charge in [0.15, 0.2) is 24.6 Å².